The molecule has 0 fully saturated rings. The van der Waals surface area contributed by atoms with Gasteiger partial charge in [-0.25, -0.2) is 4.57 Å². The molecule has 0 aromatic rings. The average Bonchev–Trinajstić information content (AvgIpc) is 3.34. The van der Waals surface area contributed by atoms with E-state index in [1.54, 1.807) is 0 Å². The van der Waals surface area contributed by atoms with Crippen LogP contribution in [0.2, 0.25) is 0 Å². The standard InChI is InChI=1S/C62H119N2O7P/c1-7-10-13-16-19-22-25-28-29-30-31-32-33-34-35-37-40-43-46-49-52-55-62(66)71-60(53-50-47-44-41-38-27-24-21-18-15-12-9-3)59(58-70-72(67,68)69-57-56-64(4,5)6)63-61(65)54-51-48-45-42-39-36-26-23-20-17-14-11-8-2/h19,22,28-29,50,53,59-60H,7-18,20-21,23-27,30-49,51-52,54-58H2,1-6H3,(H-,63,65,67,68)/p+1/b22-19-,29-28-,53-50+. The average molecular weight is 1040 g/mol. The number of amides is 1. The molecule has 10 heteroatoms. The highest BCUT2D eigenvalue weighted by Crippen LogP contribution is 2.43. The lowest BCUT2D eigenvalue weighted by Gasteiger charge is -2.27. The molecule has 0 saturated heterocycles. The molecule has 0 rings (SSSR count). The molecule has 1 amide bonds. The van der Waals surface area contributed by atoms with Crippen molar-refractivity contribution < 1.29 is 37.3 Å². The number of nitrogens with zero attached hydrogens (tertiary/aromatic N) is 1. The molecule has 0 heterocycles. The highest BCUT2D eigenvalue weighted by Gasteiger charge is 2.30. The van der Waals surface area contributed by atoms with Crippen LogP contribution in [0.3, 0.4) is 0 Å². The SMILES string of the molecule is CCCCC/C=C\C/C=C\CCCCCCCCCCCCCC(=O)OC(/C=C/CCCCCCCCCCCC)C(COP(=O)(O)OCC[N+](C)(C)C)NC(=O)CCCCCCCCCCCCCCC. The van der Waals surface area contributed by atoms with Crippen LogP contribution in [-0.2, 0) is 27.9 Å². The van der Waals surface area contributed by atoms with Crippen molar-refractivity contribution in [3.05, 3.63) is 36.5 Å². The Morgan fingerprint density at radius 2 is 0.847 bits per heavy atom. The topological polar surface area (TPSA) is 111 Å². The molecule has 0 aliphatic rings. The number of rotatable bonds is 56. The van der Waals surface area contributed by atoms with Crippen LogP contribution in [0.4, 0.5) is 0 Å². The van der Waals surface area contributed by atoms with Gasteiger partial charge in [0, 0.05) is 12.8 Å². The van der Waals surface area contributed by atoms with Crippen LogP contribution in [0, 0.1) is 0 Å². The Labute approximate surface area is 446 Å². The van der Waals surface area contributed by atoms with Crippen LogP contribution in [-0.4, -0.2) is 74.3 Å². The summed E-state index contributed by atoms with van der Waals surface area (Å²) < 4.78 is 30.7. The Balaban J connectivity index is 5.19. The molecule has 0 aromatic carbocycles. The van der Waals surface area contributed by atoms with Crippen molar-refractivity contribution in [2.75, 3.05) is 40.9 Å². The van der Waals surface area contributed by atoms with Gasteiger partial charge in [0.05, 0.1) is 33.8 Å². The second-order valence-electron chi connectivity index (χ2n) is 22.2. The number of phosphoric ester groups is 1. The van der Waals surface area contributed by atoms with Gasteiger partial charge < -0.3 is 19.4 Å². The van der Waals surface area contributed by atoms with Crippen LogP contribution in [0.5, 0.6) is 0 Å². The van der Waals surface area contributed by atoms with Gasteiger partial charge in [0.1, 0.15) is 19.3 Å². The molecule has 3 unspecified atom stereocenters. The van der Waals surface area contributed by atoms with E-state index in [1.165, 1.54) is 199 Å². The molecule has 0 bridgehead atoms. The van der Waals surface area contributed by atoms with E-state index in [4.69, 9.17) is 13.8 Å². The number of likely N-dealkylation sites (N-methyl/N-ethyl adjacent to an activating group) is 1. The molecule has 424 valence electrons. The first-order valence-corrected chi connectivity index (χ1v) is 32.3. The number of carbonyl (C=O) groups excluding carboxylic acids is 2. The third kappa shape index (κ3) is 53.1. The number of phosphoric acid groups is 1. The lowest BCUT2D eigenvalue weighted by Crippen LogP contribution is -2.47. The second-order valence-corrected chi connectivity index (χ2v) is 23.7. The van der Waals surface area contributed by atoms with Gasteiger partial charge >= 0.3 is 13.8 Å². The Morgan fingerprint density at radius 3 is 1.28 bits per heavy atom. The number of ether oxygens (including phenoxy) is 1. The Morgan fingerprint density at radius 1 is 0.486 bits per heavy atom. The monoisotopic (exact) mass is 1040 g/mol. The second kappa shape index (κ2) is 52.7. The molecule has 3 atom stereocenters. The molecule has 0 aliphatic heterocycles. The summed E-state index contributed by atoms with van der Waals surface area (Å²) in [5, 5.41) is 3.06. The number of esters is 1. The fraction of sp³-hybridized carbons (Fsp3) is 0.871. The van der Waals surface area contributed by atoms with Gasteiger partial charge in [0.15, 0.2) is 0 Å². The fourth-order valence-electron chi connectivity index (χ4n) is 9.03. The number of nitrogens with one attached hydrogen (secondary N) is 1. The normalized spacial score (nSPS) is 13.9. The van der Waals surface area contributed by atoms with E-state index in [2.05, 4.69) is 50.4 Å². The van der Waals surface area contributed by atoms with E-state index in [-0.39, 0.29) is 25.1 Å². The van der Waals surface area contributed by atoms with Crippen molar-refractivity contribution in [1.29, 1.82) is 0 Å². The molecule has 0 saturated carbocycles. The highest BCUT2D eigenvalue weighted by atomic mass is 31.2. The van der Waals surface area contributed by atoms with Crippen LogP contribution in [0.15, 0.2) is 36.5 Å². The first-order chi connectivity index (χ1) is 34.9. The molecule has 2 N–H and O–H groups in total. The minimum Gasteiger partial charge on any atom is -0.456 e. The van der Waals surface area contributed by atoms with Crippen LogP contribution in [0.25, 0.3) is 0 Å². The zero-order valence-electron chi connectivity index (χ0n) is 48.4. The van der Waals surface area contributed by atoms with E-state index < -0.39 is 20.0 Å². The number of allylic oxidation sites excluding steroid dienone is 5. The van der Waals surface area contributed by atoms with E-state index >= 15 is 0 Å². The summed E-state index contributed by atoms with van der Waals surface area (Å²) in [5.74, 6) is -0.495. The zero-order valence-corrected chi connectivity index (χ0v) is 49.3. The van der Waals surface area contributed by atoms with Crippen molar-refractivity contribution in [3.8, 4) is 0 Å². The maximum absolute atomic E-state index is 13.5. The van der Waals surface area contributed by atoms with Gasteiger partial charge in [0.2, 0.25) is 5.91 Å². The van der Waals surface area contributed by atoms with Crippen molar-refractivity contribution in [2.24, 2.45) is 0 Å². The van der Waals surface area contributed by atoms with Crippen molar-refractivity contribution in [1.82, 2.24) is 5.32 Å². The van der Waals surface area contributed by atoms with Crippen molar-refractivity contribution in [3.63, 3.8) is 0 Å². The van der Waals surface area contributed by atoms with Gasteiger partial charge in [-0.15, -0.1) is 0 Å². The Kier molecular flexibility index (Phi) is 51.4. The summed E-state index contributed by atoms with van der Waals surface area (Å²) in [4.78, 5) is 37.6. The van der Waals surface area contributed by atoms with Crippen LogP contribution >= 0.6 is 7.82 Å². The minimum atomic E-state index is -4.44. The van der Waals surface area contributed by atoms with E-state index in [9.17, 15) is 19.0 Å². The van der Waals surface area contributed by atoms with Gasteiger partial charge in [0.25, 0.3) is 0 Å². The third-order valence-electron chi connectivity index (χ3n) is 13.8. The smallest absolute Gasteiger partial charge is 0.456 e. The molecule has 0 spiro atoms. The number of unbranched alkanes of at least 4 members (excludes halogenated alkanes) is 36. The summed E-state index contributed by atoms with van der Waals surface area (Å²) in [6.45, 7) is 7.01. The molecule has 0 aromatic heterocycles. The summed E-state index contributed by atoms with van der Waals surface area (Å²) in [5.41, 5.74) is 0. The molecular formula is C62H120N2O7P+. The predicted octanol–water partition coefficient (Wildman–Crippen LogP) is 18.7. The predicted molar refractivity (Wildman–Crippen MR) is 309 cm³/mol. The summed E-state index contributed by atoms with van der Waals surface area (Å²) in [6.07, 6.45) is 62.8. The third-order valence-corrected chi connectivity index (χ3v) is 14.8. The molecule has 72 heavy (non-hydrogen) atoms. The van der Waals surface area contributed by atoms with Gasteiger partial charge in [-0.2, -0.15) is 0 Å². The zero-order chi connectivity index (χ0) is 52.9. The van der Waals surface area contributed by atoms with Gasteiger partial charge in [-0.3, -0.25) is 18.6 Å². The van der Waals surface area contributed by atoms with E-state index in [0.29, 0.717) is 23.9 Å². The Bertz CT molecular complexity index is 1330. The van der Waals surface area contributed by atoms with E-state index in [1.807, 2.05) is 33.3 Å². The molecular weight excluding hydrogens is 916 g/mol. The summed E-state index contributed by atoms with van der Waals surface area (Å²) in [7, 11) is 1.51. The highest BCUT2D eigenvalue weighted by molar-refractivity contribution is 7.47. The van der Waals surface area contributed by atoms with Gasteiger partial charge in [-0.1, -0.05) is 257 Å². The summed E-state index contributed by atoms with van der Waals surface area (Å²) >= 11 is 0. The first-order valence-electron chi connectivity index (χ1n) is 30.8. The largest absolute Gasteiger partial charge is 0.472 e. The number of quaternary nitrogens is 1. The molecule has 0 radical (unpaired) electrons. The maximum atomic E-state index is 13.5. The molecule has 0 aliphatic carbocycles. The lowest BCUT2D eigenvalue weighted by molar-refractivity contribution is -0.870. The lowest BCUT2D eigenvalue weighted by atomic mass is 10.0. The van der Waals surface area contributed by atoms with Gasteiger partial charge in [-0.05, 0) is 63.9 Å². The Hall–Kier alpha value is -1.77. The number of carbonyl (C=O) groups is 2. The number of hydrogen-bond acceptors (Lipinski definition) is 6. The van der Waals surface area contributed by atoms with Crippen LogP contribution < -0.4 is 5.32 Å². The fourth-order valence-corrected chi connectivity index (χ4v) is 9.77. The van der Waals surface area contributed by atoms with E-state index in [0.717, 1.165) is 64.2 Å². The van der Waals surface area contributed by atoms with Crippen molar-refractivity contribution >= 4 is 19.7 Å². The summed E-state index contributed by atoms with van der Waals surface area (Å²) in [6, 6.07) is -0.843. The first kappa shape index (κ1) is 70.2. The minimum absolute atomic E-state index is 0.0424. The van der Waals surface area contributed by atoms with Crippen molar-refractivity contribution in [2.45, 2.75) is 309 Å². The van der Waals surface area contributed by atoms with Crippen LogP contribution in [0.1, 0.15) is 297 Å². The maximum Gasteiger partial charge on any atom is 0.472 e. The quantitative estimate of drug-likeness (QED) is 0.0205. The molecule has 9 nitrogen and oxygen atoms in total. The number of hydrogen-bond donors (Lipinski definition) is 2.